The molecule has 0 amide bonds. The summed E-state index contributed by atoms with van der Waals surface area (Å²) in [5.74, 6) is 0. The van der Waals surface area contributed by atoms with Crippen LogP contribution in [0.4, 0.5) is 0 Å². The van der Waals surface area contributed by atoms with Crippen molar-refractivity contribution in [2.24, 2.45) is 15.4 Å². The van der Waals surface area contributed by atoms with Gasteiger partial charge < -0.3 is 16.0 Å². The topological polar surface area (TPSA) is 319 Å². The van der Waals surface area contributed by atoms with Crippen molar-refractivity contribution in [1.82, 2.24) is 16.0 Å². The molecule has 0 bridgehead atoms. The number of sulfonamides is 3. The summed E-state index contributed by atoms with van der Waals surface area (Å²) in [5.41, 5.74) is 1.57. The van der Waals surface area contributed by atoms with Crippen LogP contribution in [-0.4, -0.2) is 85.9 Å². The normalized spacial score (nSPS) is 26.1. The van der Waals surface area contributed by atoms with E-state index < -0.39 is 75.3 Å². The predicted octanol–water partition coefficient (Wildman–Crippen LogP) is 1.84. The lowest BCUT2D eigenvalue weighted by Gasteiger charge is -2.27. The van der Waals surface area contributed by atoms with E-state index in [0.717, 1.165) is 34.0 Å². The molecule has 9 N–H and O–H groups in total. The number of rotatable bonds is 9. The Hall–Kier alpha value is -1.44. The highest BCUT2D eigenvalue weighted by molar-refractivity contribution is 7.96. The fourth-order valence-electron chi connectivity index (χ4n) is 6.54. The van der Waals surface area contributed by atoms with Crippen LogP contribution in [0, 0.1) is 0 Å². The molecule has 6 heterocycles. The molecular formula is C30H48N6O12S9. The third-order valence-corrected chi connectivity index (χ3v) is 25.4. The van der Waals surface area contributed by atoms with Crippen LogP contribution in [0.15, 0.2) is 43.5 Å². The minimum absolute atomic E-state index is 0.0990. The van der Waals surface area contributed by atoms with Gasteiger partial charge in [0.2, 0.25) is 30.1 Å². The van der Waals surface area contributed by atoms with Gasteiger partial charge in [0.25, 0.3) is 0 Å². The smallest absolute Gasteiger partial charge is 0.247 e. The Bertz CT molecular complexity index is 2360. The van der Waals surface area contributed by atoms with Gasteiger partial charge in [0, 0.05) is 34.8 Å². The van der Waals surface area contributed by atoms with Gasteiger partial charge in [-0.3, -0.25) is 0 Å². The van der Waals surface area contributed by atoms with E-state index in [0.29, 0.717) is 55.6 Å². The molecule has 3 aromatic heterocycles. The van der Waals surface area contributed by atoms with Crippen LogP contribution in [0.1, 0.15) is 95.6 Å². The zero-order valence-electron chi connectivity index (χ0n) is 31.7. The van der Waals surface area contributed by atoms with Gasteiger partial charge in [0.1, 0.15) is 25.3 Å². The van der Waals surface area contributed by atoms with E-state index in [1.54, 1.807) is 20.8 Å². The van der Waals surface area contributed by atoms with Crippen LogP contribution in [0.3, 0.4) is 0 Å². The number of hydrogen-bond acceptors (Lipinski definition) is 18. The Balaban J connectivity index is 0.000000189. The quantitative estimate of drug-likeness (QED) is 0.178. The lowest BCUT2D eigenvalue weighted by molar-refractivity contribution is 0.477. The van der Waals surface area contributed by atoms with E-state index in [9.17, 15) is 50.5 Å². The van der Waals surface area contributed by atoms with Crippen molar-refractivity contribution < 1.29 is 50.5 Å². The van der Waals surface area contributed by atoms with Gasteiger partial charge in [-0.25, -0.2) is 65.9 Å². The molecular weight excluding hydrogens is 925 g/mol. The highest BCUT2D eigenvalue weighted by atomic mass is 32.3. The third-order valence-electron chi connectivity index (χ3n) is 9.49. The number of fused-ring (bicyclic) bond motifs is 3. The summed E-state index contributed by atoms with van der Waals surface area (Å²) in [6, 6.07) is 3.70. The monoisotopic (exact) mass is 972 g/mol. The molecule has 0 saturated carbocycles. The predicted molar refractivity (Wildman–Crippen MR) is 220 cm³/mol. The maximum Gasteiger partial charge on any atom is 0.247 e. The summed E-state index contributed by atoms with van der Waals surface area (Å²) >= 11 is 2.22. The van der Waals surface area contributed by atoms with Crippen molar-refractivity contribution in [1.29, 1.82) is 0 Å². The maximum absolute atomic E-state index is 12.2. The van der Waals surface area contributed by atoms with Crippen LogP contribution in [0.25, 0.3) is 0 Å². The zero-order chi connectivity index (χ0) is 43.3. The molecule has 6 atom stereocenters. The molecule has 324 valence electrons. The Labute approximate surface area is 347 Å². The minimum atomic E-state index is -3.88. The molecule has 3 aliphatic heterocycles. The summed E-state index contributed by atoms with van der Waals surface area (Å²) in [6.07, 6.45) is 1.30. The minimum Gasteiger partial charge on any atom is -0.310 e. The molecule has 0 saturated heterocycles. The van der Waals surface area contributed by atoms with Crippen molar-refractivity contribution in [3.8, 4) is 0 Å². The first-order valence-electron chi connectivity index (χ1n) is 17.4. The summed E-state index contributed by atoms with van der Waals surface area (Å²) in [6.45, 7) is 12.7. The van der Waals surface area contributed by atoms with E-state index in [-0.39, 0.29) is 43.4 Å². The standard InChI is InChI=1S/3C10H16N2O4S3/c3*1-3-12-8-4-6(2)18(13,14)10-7(8)5-9(17-10)19(11,15)16/h3*5-6,8,12H,3-4H2,1-2H3,(H2,11,15,16)/t6-,8-;;/m0../s1. The third kappa shape index (κ3) is 10.2. The van der Waals surface area contributed by atoms with E-state index in [4.69, 9.17) is 15.4 Å². The fraction of sp³-hybridized carbons (Fsp3) is 0.600. The summed E-state index contributed by atoms with van der Waals surface area (Å²) in [7, 11) is -22.0. The van der Waals surface area contributed by atoms with Gasteiger partial charge >= 0.3 is 0 Å². The molecule has 0 aliphatic carbocycles. The van der Waals surface area contributed by atoms with E-state index in [1.807, 2.05) is 20.8 Å². The Morgan fingerprint density at radius 3 is 0.895 bits per heavy atom. The maximum atomic E-state index is 12.2. The first-order valence-corrected chi connectivity index (χ1v) is 29.2. The number of nitrogens with two attached hydrogens (primary N) is 3. The average molecular weight is 973 g/mol. The van der Waals surface area contributed by atoms with Crippen LogP contribution in [-0.2, 0) is 59.6 Å². The molecule has 57 heavy (non-hydrogen) atoms. The van der Waals surface area contributed by atoms with Crippen molar-refractivity contribution in [2.75, 3.05) is 19.6 Å². The highest BCUT2D eigenvalue weighted by Crippen LogP contribution is 2.45. The van der Waals surface area contributed by atoms with Crippen molar-refractivity contribution >= 4 is 93.6 Å². The summed E-state index contributed by atoms with van der Waals surface area (Å²) < 4.78 is 142. The summed E-state index contributed by atoms with van der Waals surface area (Å²) in [4.78, 5) is 0. The lowest BCUT2D eigenvalue weighted by atomic mass is 10.1. The molecule has 3 aliphatic rings. The van der Waals surface area contributed by atoms with Gasteiger partial charge in [0.15, 0.2) is 29.5 Å². The van der Waals surface area contributed by atoms with Crippen LogP contribution < -0.4 is 31.4 Å². The van der Waals surface area contributed by atoms with Crippen LogP contribution in [0.2, 0.25) is 0 Å². The Kier molecular flexibility index (Phi) is 14.8. The van der Waals surface area contributed by atoms with E-state index >= 15 is 0 Å². The second-order valence-electron chi connectivity index (χ2n) is 13.7. The molecule has 27 heteroatoms. The first kappa shape index (κ1) is 48.2. The number of sulfone groups is 3. The summed E-state index contributed by atoms with van der Waals surface area (Å²) in [5, 5.41) is 23.2. The number of thiophene rings is 3. The van der Waals surface area contributed by atoms with Gasteiger partial charge in [-0.2, -0.15) is 0 Å². The molecule has 18 nitrogen and oxygen atoms in total. The fourth-order valence-corrected chi connectivity index (χ4v) is 19.8. The second-order valence-corrected chi connectivity index (χ2v) is 29.9. The van der Waals surface area contributed by atoms with Crippen molar-refractivity contribution in [3.63, 3.8) is 0 Å². The second kappa shape index (κ2) is 17.5. The molecule has 0 fully saturated rings. The Morgan fingerprint density at radius 1 is 0.509 bits per heavy atom. The van der Waals surface area contributed by atoms with E-state index in [1.165, 1.54) is 18.2 Å². The van der Waals surface area contributed by atoms with E-state index in [2.05, 4.69) is 16.0 Å². The molecule has 4 unspecified atom stereocenters. The van der Waals surface area contributed by atoms with Gasteiger partial charge in [0.05, 0.1) is 15.7 Å². The first-order chi connectivity index (χ1) is 26.0. The highest BCUT2D eigenvalue weighted by Gasteiger charge is 2.41. The van der Waals surface area contributed by atoms with Crippen molar-refractivity contribution in [3.05, 3.63) is 34.9 Å². The van der Waals surface area contributed by atoms with Gasteiger partial charge in [-0.15, -0.1) is 34.0 Å². The SMILES string of the molecule is CCNC1CC(C)S(=O)(=O)c2sc(S(N)(=O)=O)cc21.CCNC1CC(C)S(=O)(=O)c2sc(S(N)(=O)=O)cc21.CCN[C@H]1C[C@H](C)S(=O)(=O)c2sc(S(N)(=O)=O)cc21. The number of nitrogens with one attached hydrogen (secondary N) is 3. The molecule has 0 aromatic carbocycles. The molecule has 3 aromatic rings. The molecule has 0 radical (unpaired) electrons. The number of primary sulfonamides is 3. The average Bonchev–Trinajstić information content (AvgIpc) is 3.85. The van der Waals surface area contributed by atoms with Crippen molar-refractivity contribution in [2.45, 2.75) is 120 Å². The largest absolute Gasteiger partial charge is 0.310 e. The molecule has 0 spiro atoms. The Morgan fingerprint density at radius 2 is 0.719 bits per heavy atom. The lowest BCUT2D eigenvalue weighted by Crippen LogP contribution is -2.33. The van der Waals surface area contributed by atoms with Gasteiger partial charge in [-0.05, 0) is 77.9 Å². The molecule has 6 rings (SSSR count). The van der Waals surface area contributed by atoms with Gasteiger partial charge in [-0.1, -0.05) is 20.8 Å². The number of hydrogen-bond donors (Lipinski definition) is 6. The zero-order valence-corrected chi connectivity index (χ0v) is 39.1. The van der Waals surface area contributed by atoms with Crippen LogP contribution in [0.5, 0.6) is 0 Å². The van der Waals surface area contributed by atoms with Crippen LogP contribution >= 0.6 is 34.0 Å².